The molecule has 104 valence electrons. The van der Waals surface area contributed by atoms with Gasteiger partial charge in [0.1, 0.15) is 0 Å². The molecule has 3 nitrogen and oxygen atoms in total. The molecule has 0 heterocycles. The number of rotatable bonds is 4. The van der Waals surface area contributed by atoms with Gasteiger partial charge in [-0.05, 0) is 44.4 Å². The number of carbonyl (C=O) groups excluding carboxylic acids is 1. The van der Waals surface area contributed by atoms with E-state index in [4.69, 9.17) is 28.9 Å². The van der Waals surface area contributed by atoms with Crippen LogP contribution in [-0.4, -0.2) is 22.4 Å². The average molecular weight is 301 g/mol. The van der Waals surface area contributed by atoms with Crippen molar-refractivity contribution in [3.8, 4) is 0 Å². The zero-order chi connectivity index (χ0) is 14.2. The topological polar surface area (TPSA) is 46.3 Å². The van der Waals surface area contributed by atoms with Crippen molar-refractivity contribution in [1.29, 1.82) is 0 Å². The van der Waals surface area contributed by atoms with Gasteiger partial charge in [-0.2, -0.15) is 0 Å². The van der Waals surface area contributed by atoms with Crippen molar-refractivity contribution in [2.75, 3.05) is 0 Å². The minimum atomic E-state index is -0.848. The van der Waals surface area contributed by atoms with Gasteiger partial charge in [-0.15, -0.1) is 0 Å². The number of hydrogen-bond acceptors (Lipinski definition) is 2. The number of benzene rings is 1. The Bertz CT molecular complexity index is 493. The van der Waals surface area contributed by atoms with Gasteiger partial charge in [-0.25, -0.2) is 0 Å². The van der Waals surface area contributed by atoms with Crippen molar-refractivity contribution in [1.82, 2.24) is 4.90 Å². The van der Waals surface area contributed by atoms with Crippen LogP contribution in [0.2, 0.25) is 10.0 Å². The molecular formula is C14H18Cl2N2O. The highest BCUT2D eigenvalue weighted by atomic mass is 35.5. The lowest BCUT2D eigenvalue weighted by atomic mass is 10.0. The molecule has 0 atom stereocenters. The molecule has 1 aliphatic carbocycles. The molecule has 5 heteroatoms. The highest BCUT2D eigenvalue weighted by Gasteiger charge is 2.37. The van der Waals surface area contributed by atoms with E-state index >= 15 is 0 Å². The molecule has 1 saturated carbocycles. The number of hydrogen-bond donors (Lipinski definition) is 1. The zero-order valence-electron chi connectivity index (χ0n) is 11.1. The molecule has 2 rings (SSSR count). The fourth-order valence-electron chi connectivity index (χ4n) is 1.96. The second kappa shape index (κ2) is 5.31. The summed E-state index contributed by atoms with van der Waals surface area (Å²) in [5, 5.41) is 1.03. The van der Waals surface area contributed by atoms with Gasteiger partial charge in [0.2, 0.25) is 5.91 Å². The van der Waals surface area contributed by atoms with Crippen LogP contribution >= 0.6 is 23.2 Å². The van der Waals surface area contributed by atoms with Gasteiger partial charge in [0.15, 0.2) is 0 Å². The lowest BCUT2D eigenvalue weighted by Crippen LogP contribution is -2.51. The van der Waals surface area contributed by atoms with Gasteiger partial charge in [0.05, 0.1) is 15.6 Å². The van der Waals surface area contributed by atoms with Gasteiger partial charge in [0, 0.05) is 12.6 Å². The number of halogens is 2. The van der Waals surface area contributed by atoms with E-state index in [0.29, 0.717) is 22.6 Å². The molecule has 19 heavy (non-hydrogen) atoms. The van der Waals surface area contributed by atoms with E-state index < -0.39 is 5.54 Å². The Kier molecular flexibility index (Phi) is 4.09. The van der Waals surface area contributed by atoms with E-state index in [2.05, 4.69) is 0 Å². The fraction of sp³-hybridized carbons (Fsp3) is 0.500. The molecule has 1 amide bonds. The van der Waals surface area contributed by atoms with Crippen molar-refractivity contribution in [2.45, 2.75) is 44.8 Å². The monoisotopic (exact) mass is 300 g/mol. The molecule has 1 fully saturated rings. The van der Waals surface area contributed by atoms with E-state index in [1.165, 1.54) is 0 Å². The average Bonchev–Trinajstić information content (AvgIpc) is 3.12. The van der Waals surface area contributed by atoms with Crippen molar-refractivity contribution >= 4 is 29.1 Å². The quantitative estimate of drug-likeness (QED) is 0.928. The fourth-order valence-corrected chi connectivity index (χ4v) is 2.28. The molecule has 0 aliphatic heterocycles. The predicted octanol–water partition coefficient (Wildman–Crippen LogP) is 3.22. The Hall–Kier alpha value is -0.770. The van der Waals surface area contributed by atoms with Gasteiger partial charge in [-0.1, -0.05) is 29.3 Å². The summed E-state index contributed by atoms with van der Waals surface area (Å²) in [5.74, 6) is -0.0268. The first kappa shape index (κ1) is 14.6. The number of amides is 1. The molecule has 1 aromatic carbocycles. The standard InChI is InChI=1S/C14H18Cl2N2O/c1-14(2,17)13(19)18(10-4-5-10)8-9-3-6-11(15)12(16)7-9/h3,6-7,10H,4-5,8,17H2,1-2H3. The van der Waals surface area contributed by atoms with Crippen LogP contribution in [0.1, 0.15) is 32.3 Å². The van der Waals surface area contributed by atoms with Crippen molar-refractivity contribution in [3.63, 3.8) is 0 Å². The maximum atomic E-state index is 12.3. The van der Waals surface area contributed by atoms with Gasteiger partial charge >= 0.3 is 0 Å². The predicted molar refractivity (Wildman–Crippen MR) is 78.3 cm³/mol. The Morgan fingerprint density at radius 2 is 2.00 bits per heavy atom. The highest BCUT2D eigenvalue weighted by molar-refractivity contribution is 6.42. The zero-order valence-corrected chi connectivity index (χ0v) is 12.6. The molecule has 0 saturated heterocycles. The molecule has 0 spiro atoms. The summed E-state index contributed by atoms with van der Waals surface area (Å²) in [7, 11) is 0. The van der Waals surface area contributed by atoms with E-state index in [1.807, 2.05) is 11.0 Å². The van der Waals surface area contributed by atoms with Gasteiger partial charge < -0.3 is 10.6 Å². The Morgan fingerprint density at radius 1 is 1.37 bits per heavy atom. The maximum Gasteiger partial charge on any atom is 0.242 e. The molecule has 1 aromatic rings. The lowest BCUT2D eigenvalue weighted by molar-refractivity contribution is -0.137. The third-order valence-corrected chi connectivity index (χ3v) is 3.88. The normalized spacial score (nSPS) is 15.4. The van der Waals surface area contributed by atoms with Crippen LogP contribution in [0.15, 0.2) is 18.2 Å². The Morgan fingerprint density at radius 3 is 2.47 bits per heavy atom. The van der Waals surface area contributed by atoms with Crippen LogP contribution in [0, 0.1) is 0 Å². The van der Waals surface area contributed by atoms with E-state index in [0.717, 1.165) is 18.4 Å². The lowest BCUT2D eigenvalue weighted by Gasteiger charge is -2.29. The SMILES string of the molecule is CC(C)(N)C(=O)N(Cc1ccc(Cl)c(Cl)c1)C1CC1. The van der Waals surface area contributed by atoms with E-state index in [-0.39, 0.29) is 5.91 Å². The maximum absolute atomic E-state index is 12.3. The molecular weight excluding hydrogens is 283 g/mol. The molecule has 0 aromatic heterocycles. The second-order valence-electron chi connectivity index (χ2n) is 5.63. The first-order valence-electron chi connectivity index (χ1n) is 6.33. The van der Waals surface area contributed by atoms with Crippen LogP contribution in [0.25, 0.3) is 0 Å². The Balaban J connectivity index is 2.17. The molecule has 0 radical (unpaired) electrons. The van der Waals surface area contributed by atoms with Crippen LogP contribution < -0.4 is 5.73 Å². The van der Waals surface area contributed by atoms with Gasteiger partial charge in [0.25, 0.3) is 0 Å². The van der Waals surface area contributed by atoms with Crippen molar-refractivity contribution in [3.05, 3.63) is 33.8 Å². The minimum absolute atomic E-state index is 0.0268. The second-order valence-corrected chi connectivity index (χ2v) is 6.45. The third kappa shape index (κ3) is 3.62. The first-order chi connectivity index (χ1) is 8.79. The number of nitrogens with two attached hydrogens (primary N) is 1. The smallest absolute Gasteiger partial charge is 0.242 e. The Labute approximate surface area is 123 Å². The summed E-state index contributed by atoms with van der Waals surface area (Å²) in [6.45, 7) is 4.00. The van der Waals surface area contributed by atoms with Gasteiger partial charge in [-0.3, -0.25) is 4.79 Å². The third-order valence-electron chi connectivity index (χ3n) is 3.14. The summed E-state index contributed by atoms with van der Waals surface area (Å²) < 4.78 is 0. The van der Waals surface area contributed by atoms with Crippen molar-refractivity contribution < 1.29 is 4.79 Å². The van der Waals surface area contributed by atoms with E-state index in [9.17, 15) is 4.79 Å². The highest BCUT2D eigenvalue weighted by Crippen LogP contribution is 2.31. The summed E-state index contributed by atoms with van der Waals surface area (Å²) in [5.41, 5.74) is 6.04. The van der Waals surface area contributed by atoms with Crippen LogP contribution in [0.3, 0.4) is 0 Å². The number of carbonyl (C=O) groups is 1. The summed E-state index contributed by atoms with van der Waals surface area (Å²) in [4.78, 5) is 14.2. The van der Waals surface area contributed by atoms with E-state index in [1.54, 1.807) is 26.0 Å². The molecule has 0 unspecified atom stereocenters. The largest absolute Gasteiger partial charge is 0.334 e. The number of nitrogens with zero attached hydrogens (tertiary/aromatic N) is 1. The van der Waals surface area contributed by atoms with Crippen LogP contribution in [-0.2, 0) is 11.3 Å². The summed E-state index contributed by atoms with van der Waals surface area (Å²) in [6.07, 6.45) is 2.09. The molecule has 0 bridgehead atoms. The van der Waals surface area contributed by atoms with Crippen LogP contribution in [0.4, 0.5) is 0 Å². The molecule has 1 aliphatic rings. The van der Waals surface area contributed by atoms with Crippen LogP contribution in [0.5, 0.6) is 0 Å². The van der Waals surface area contributed by atoms with Crippen molar-refractivity contribution in [2.24, 2.45) is 5.73 Å². The minimum Gasteiger partial charge on any atom is -0.334 e. The summed E-state index contributed by atoms with van der Waals surface area (Å²) >= 11 is 11.9. The summed E-state index contributed by atoms with van der Waals surface area (Å²) in [6, 6.07) is 5.75. The molecule has 2 N–H and O–H groups in total. The first-order valence-corrected chi connectivity index (χ1v) is 7.08.